The number of thiophene rings is 1. The molecule has 1 N–H and O–H groups in total. The molecule has 3 rings (SSSR count). The van der Waals surface area contributed by atoms with Crippen molar-refractivity contribution in [3.8, 4) is 0 Å². The third kappa shape index (κ3) is 5.21. The summed E-state index contributed by atoms with van der Waals surface area (Å²) in [7, 11) is -3.50. The van der Waals surface area contributed by atoms with Crippen LogP contribution in [0.25, 0.3) is 0 Å². The minimum atomic E-state index is -3.50. The summed E-state index contributed by atoms with van der Waals surface area (Å²) in [4.78, 5) is 12.7. The largest absolute Gasteiger partial charge is 0.326 e. The third-order valence-corrected chi connectivity index (χ3v) is 8.37. The first kappa shape index (κ1) is 21.0. The van der Waals surface area contributed by atoms with Crippen molar-refractivity contribution in [1.29, 1.82) is 0 Å². The fourth-order valence-electron chi connectivity index (χ4n) is 3.49. The zero-order valence-corrected chi connectivity index (χ0v) is 17.9. The third-order valence-electron chi connectivity index (χ3n) is 5.13. The number of benzene rings is 1. The lowest BCUT2D eigenvalue weighted by molar-refractivity contribution is -0.120. The first-order valence-corrected chi connectivity index (χ1v) is 12.3. The molecule has 1 aliphatic heterocycles. The van der Waals surface area contributed by atoms with Crippen LogP contribution in [0.3, 0.4) is 0 Å². The molecule has 0 saturated carbocycles. The number of anilines is 1. The summed E-state index contributed by atoms with van der Waals surface area (Å²) in [6, 6.07) is 11.3. The van der Waals surface area contributed by atoms with Crippen LogP contribution >= 0.6 is 11.3 Å². The van der Waals surface area contributed by atoms with Crippen molar-refractivity contribution >= 4 is 33.0 Å². The number of carbonyl (C=O) groups excluding carboxylic acids is 1. The molecule has 5 nitrogen and oxygen atoms in total. The van der Waals surface area contributed by atoms with Crippen LogP contribution in [0, 0.1) is 5.92 Å². The number of nitrogens with one attached hydrogen (secondary N) is 1. The number of piperidine rings is 1. The Balaban J connectivity index is 1.58. The van der Waals surface area contributed by atoms with E-state index >= 15 is 0 Å². The molecule has 7 heteroatoms. The number of aryl methyl sites for hydroxylation is 1. The van der Waals surface area contributed by atoms with Crippen LogP contribution in [0.2, 0.25) is 0 Å². The molecule has 28 heavy (non-hydrogen) atoms. The minimum Gasteiger partial charge on any atom is -0.326 e. The predicted molar refractivity (Wildman–Crippen MR) is 114 cm³/mol. The van der Waals surface area contributed by atoms with E-state index < -0.39 is 10.0 Å². The van der Waals surface area contributed by atoms with Gasteiger partial charge in [-0.25, -0.2) is 8.42 Å². The molecule has 0 bridgehead atoms. The summed E-state index contributed by atoms with van der Waals surface area (Å²) < 4.78 is 27.2. The average Bonchev–Trinajstić information content (AvgIpc) is 3.25. The molecule has 1 atom stereocenters. The molecule has 2 aromatic rings. The number of amides is 1. The highest BCUT2D eigenvalue weighted by Crippen LogP contribution is 2.27. The van der Waals surface area contributed by atoms with E-state index in [0.717, 1.165) is 12.1 Å². The Morgan fingerprint density at radius 3 is 2.68 bits per heavy atom. The van der Waals surface area contributed by atoms with Gasteiger partial charge in [-0.05, 0) is 54.8 Å². The summed E-state index contributed by atoms with van der Waals surface area (Å²) in [6.45, 7) is 2.90. The zero-order chi connectivity index (χ0) is 20.0. The second-order valence-corrected chi connectivity index (χ2v) is 10.4. The molecule has 0 aliphatic carbocycles. The predicted octanol–water partition coefficient (Wildman–Crippen LogP) is 4.52. The Morgan fingerprint density at radius 2 is 2.00 bits per heavy atom. The number of nitrogens with zero attached hydrogens (tertiary/aromatic N) is 1. The van der Waals surface area contributed by atoms with Crippen molar-refractivity contribution in [3.63, 3.8) is 0 Å². The van der Waals surface area contributed by atoms with Crippen molar-refractivity contribution < 1.29 is 13.2 Å². The van der Waals surface area contributed by atoms with Crippen LogP contribution in [0.5, 0.6) is 0 Å². The quantitative estimate of drug-likeness (QED) is 0.639. The van der Waals surface area contributed by atoms with E-state index in [1.807, 2.05) is 12.1 Å². The molecule has 1 unspecified atom stereocenters. The molecule has 1 aromatic carbocycles. The lowest BCUT2D eigenvalue weighted by atomic mass is 9.98. The Hall–Kier alpha value is -1.70. The Labute approximate surface area is 171 Å². The Bertz CT molecular complexity index is 862. The Morgan fingerprint density at radius 1 is 1.21 bits per heavy atom. The molecule has 152 valence electrons. The van der Waals surface area contributed by atoms with Crippen LogP contribution in [0.15, 0.2) is 46.0 Å². The van der Waals surface area contributed by atoms with Gasteiger partial charge >= 0.3 is 0 Å². The van der Waals surface area contributed by atoms with Gasteiger partial charge in [-0.2, -0.15) is 4.31 Å². The van der Waals surface area contributed by atoms with Gasteiger partial charge in [0.1, 0.15) is 4.21 Å². The van der Waals surface area contributed by atoms with Gasteiger partial charge in [0.2, 0.25) is 5.91 Å². The second-order valence-electron chi connectivity index (χ2n) is 7.28. The van der Waals surface area contributed by atoms with E-state index in [2.05, 4.69) is 24.4 Å². The maximum Gasteiger partial charge on any atom is 0.252 e. The van der Waals surface area contributed by atoms with Gasteiger partial charge in [0, 0.05) is 18.8 Å². The fraction of sp³-hybridized carbons (Fsp3) is 0.476. The van der Waals surface area contributed by atoms with Gasteiger partial charge in [0.15, 0.2) is 0 Å². The van der Waals surface area contributed by atoms with Crippen molar-refractivity contribution in [1.82, 2.24) is 4.31 Å². The van der Waals surface area contributed by atoms with Gasteiger partial charge in [0.05, 0.1) is 5.92 Å². The number of sulfonamides is 1. The highest BCUT2D eigenvalue weighted by molar-refractivity contribution is 7.91. The SMILES string of the molecule is CCCCCc1ccc(NC(=O)C2CCCN(S(=O)(=O)c3cccs3)C2)cc1. The van der Waals surface area contributed by atoms with Crippen LogP contribution in [-0.2, 0) is 21.2 Å². The molecular formula is C21H28N2O3S2. The minimum absolute atomic E-state index is 0.107. The number of hydrogen-bond donors (Lipinski definition) is 1. The number of hydrogen-bond acceptors (Lipinski definition) is 4. The smallest absolute Gasteiger partial charge is 0.252 e. The van der Waals surface area contributed by atoms with E-state index in [9.17, 15) is 13.2 Å². The molecule has 2 heterocycles. The van der Waals surface area contributed by atoms with Gasteiger partial charge in [-0.3, -0.25) is 4.79 Å². The van der Waals surface area contributed by atoms with E-state index in [1.54, 1.807) is 17.5 Å². The summed E-state index contributed by atoms with van der Waals surface area (Å²) in [5.74, 6) is -0.433. The lowest BCUT2D eigenvalue weighted by Gasteiger charge is -2.30. The summed E-state index contributed by atoms with van der Waals surface area (Å²) in [5, 5.41) is 4.71. The zero-order valence-electron chi connectivity index (χ0n) is 16.3. The molecular weight excluding hydrogens is 392 g/mol. The monoisotopic (exact) mass is 420 g/mol. The fourth-order valence-corrected chi connectivity index (χ4v) is 6.16. The standard InChI is InChI=1S/C21H28N2O3S2/c1-2-3-4-7-17-10-12-19(13-11-17)22-21(24)18-8-5-14-23(16-18)28(25,26)20-9-6-15-27-20/h6,9-13,15,18H,2-5,7-8,14,16H2,1H3,(H,22,24). The molecule has 0 spiro atoms. The summed E-state index contributed by atoms with van der Waals surface area (Å²) in [6.07, 6.45) is 6.06. The number of carbonyl (C=O) groups is 1. The van der Waals surface area contributed by atoms with E-state index in [-0.39, 0.29) is 18.4 Å². The first-order valence-electron chi connectivity index (χ1n) is 9.94. The highest BCUT2D eigenvalue weighted by atomic mass is 32.2. The van der Waals surface area contributed by atoms with Crippen molar-refractivity contribution in [2.45, 2.75) is 49.7 Å². The molecule has 0 radical (unpaired) electrons. The van der Waals surface area contributed by atoms with Crippen LogP contribution < -0.4 is 5.32 Å². The van der Waals surface area contributed by atoms with Crippen molar-refractivity contribution in [3.05, 3.63) is 47.3 Å². The lowest BCUT2D eigenvalue weighted by Crippen LogP contribution is -2.43. The normalized spacial score (nSPS) is 18.1. The summed E-state index contributed by atoms with van der Waals surface area (Å²) >= 11 is 1.21. The van der Waals surface area contributed by atoms with Crippen LogP contribution in [0.4, 0.5) is 5.69 Å². The van der Waals surface area contributed by atoms with Crippen molar-refractivity contribution in [2.24, 2.45) is 5.92 Å². The maximum atomic E-state index is 12.7. The van der Waals surface area contributed by atoms with E-state index in [1.165, 1.54) is 40.5 Å². The molecule has 1 amide bonds. The van der Waals surface area contributed by atoms with E-state index in [0.29, 0.717) is 23.6 Å². The van der Waals surface area contributed by atoms with Gasteiger partial charge in [-0.15, -0.1) is 11.3 Å². The topological polar surface area (TPSA) is 66.5 Å². The maximum absolute atomic E-state index is 12.7. The Kier molecular flexibility index (Phi) is 7.26. The molecule has 1 saturated heterocycles. The molecule has 1 aromatic heterocycles. The number of rotatable bonds is 8. The van der Waals surface area contributed by atoms with E-state index in [4.69, 9.17) is 0 Å². The van der Waals surface area contributed by atoms with Crippen molar-refractivity contribution in [2.75, 3.05) is 18.4 Å². The molecule has 1 aliphatic rings. The van der Waals surface area contributed by atoms with Crippen LogP contribution in [0.1, 0.15) is 44.6 Å². The number of unbranched alkanes of at least 4 members (excludes halogenated alkanes) is 2. The van der Waals surface area contributed by atoms with Crippen LogP contribution in [-0.4, -0.2) is 31.7 Å². The van der Waals surface area contributed by atoms with Gasteiger partial charge in [0.25, 0.3) is 10.0 Å². The second kappa shape index (κ2) is 9.67. The highest BCUT2D eigenvalue weighted by Gasteiger charge is 2.33. The molecule has 1 fully saturated rings. The summed E-state index contributed by atoms with van der Waals surface area (Å²) in [5.41, 5.74) is 2.04. The van der Waals surface area contributed by atoms with Gasteiger partial charge < -0.3 is 5.32 Å². The first-order chi connectivity index (χ1) is 13.5. The van der Waals surface area contributed by atoms with Gasteiger partial charge in [-0.1, -0.05) is 38.0 Å². The average molecular weight is 421 g/mol.